The van der Waals surface area contributed by atoms with Gasteiger partial charge in [-0.25, -0.2) is 4.79 Å². The smallest absolute Gasteiger partial charge is 0.322 e. The van der Waals surface area contributed by atoms with E-state index in [9.17, 15) is 14.4 Å². The standard InChI is InChI=1S/C15H23N7O3/c1-4-10-17-18-11-8-20(6-7-21(10)11)9-12(23)19-22-13(24)15(3,5-2)16-14(22)25/h4-9H2,1-3H3,(H,16,25)(H,19,23). The number of nitrogens with zero attached hydrogens (tertiary/aromatic N) is 5. The third-order valence-corrected chi connectivity index (χ3v) is 4.80. The molecule has 0 aliphatic carbocycles. The Kier molecular flexibility index (Phi) is 4.46. The first-order valence-electron chi connectivity index (χ1n) is 8.47. The maximum Gasteiger partial charge on any atom is 0.344 e. The van der Waals surface area contributed by atoms with Crippen molar-refractivity contribution in [2.24, 2.45) is 0 Å². The van der Waals surface area contributed by atoms with Gasteiger partial charge in [-0.15, -0.1) is 10.2 Å². The van der Waals surface area contributed by atoms with Crippen LogP contribution in [0, 0.1) is 0 Å². The highest BCUT2D eigenvalue weighted by Gasteiger charge is 2.47. The van der Waals surface area contributed by atoms with Crippen molar-refractivity contribution in [3.63, 3.8) is 0 Å². The Morgan fingerprint density at radius 1 is 1.28 bits per heavy atom. The molecule has 2 aliphatic rings. The highest BCUT2D eigenvalue weighted by molar-refractivity contribution is 6.07. The summed E-state index contributed by atoms with van der Waals surface area (Å²) < 4.78 is 2.07. The van der Waals surface area contributed by atoms with E-state index < -0.39 is 23.4 Å². The van der Waals surface area contributed by atoms with Gasteiger partial charge >= 0.3 is 6.03 Å². The summed E-state index contributed by atoms with van der Waals surface area (Å²) in [6.45, 7) is 7.45. The van der Waals surface area contributed by atoms with Crippen molar-refractivity contribution in [2.45, 2.75) is 52.2 Å². The van der Waals surface area contributed by atoms with E-state index in [1.165, 1.54) is 0 Å². The van der Waals surface area contributed by atoms with Crippen LogP contribution < -0.4 is 10.7 Å². The topological polar surface area (TPSA) is 112 Å². The summed E-state index contributed by atoms with van der Waals surface area (Å²) in [5.74, 6) is 0.911. The van der Waals surface area contributed by atoms with Crippen molar-refractivity contribution in [1.29, 1.82) is 0 Å². The van der Waals surface area contributed by atoms with Crippen molar-refractivity contribution in [1.82, 2.24) is 35.4 Å². The SMILES string of the molecule is CCc1nnc2n1CCN(CC(=O)NN1C(=O)NC(C)(CC)C1=O)C2. The van der Waals surface area contributed by atoms with E-state index >= 15 is 0 Å². The zero-order valence-electron chi connectivity index (χ0n) is 14.7. The minimum Gasteiger partial charge on any atom is -0.322 e. The second-order valence-corrected chi connectivity index (χ2v) is 6.54. The van der Waals surface area contributed by atoms with Gasteiger partial charge in [-0.2, -0.15) is 5.01 Å². The molecule has 0 saturated carbocycles. The van der Waals surface area contributed by atoms with Crippen molar-refractivity contribution in [3.05, 3.63) is 11.6 Å². The number of nitrogens with one attached hydrogen (secondary N) is 2. The molecule has 0 aromatic carbocycles. The van der Waals surface area contributed by atoms with E-state index in [4.69, 9.17) is 0 Å². The molecular formula is C15H23N7O3. The molecule has 1 saturated heterocycles. The van der Waals surface area contributed by atoms with Crippen molar-refractivity contribution >= 4 is 17.8 Å². The number of rotatable bonds is 5. The van der Waals surface area contributed by atoms with Gasteiger partial charge in [-0.3, -0.25) is 19.9 Å². The van der Waals surface area contributed by atoms with Crippen molar-refractivity contribution in [2.75, 3.05) is 13.1 Å². The summed E-state index contributed by atoms with van der Waals surface area (Å²) in [4.78, 5) is 38.4. The number of amides is 4. The maximum atomic E-state index is 12.3. The average molecular weight is 349 g/mol. The molecule has 10 heteroatoms. The van der Waals surface area contributed by atoms with Gasteiger partial charge < -0.3 is 9.88 Å². The largest absolute Gasteiger partial charge is 0.344 e. The Morgan fingerprint density at radius 3 is 2.68 bits per heavy atom. The number of aryl methyl sites for hydroxylation is 1. The molecule has 0 radical (unpaired) electrons. The van der Waals surface area contributed by atoms with Crippen molar-refractivity contribution < 1.29 is 14.4 Å². The highest BCUT2D eigenvalue weighted by atomic mass is 16.2. The predicted molar refractivity (Wildman–Crippen MR) is 86.9 cm³/mol. The summed E-state index contributed by atoms with van der Waals surface area (Å²) in [6.07, 6.45) is 1.27. The second kappa shape index (κ2) is 6.43. The zero-order valence-corrected chi connectivity index (χ0v) is 14.7. The van der Waals surface area contributed by atoms with Crippen LogP contribution in [-0.2, 0) is 29.1 Å². The minimum absolute atomic E-state index is 0.0776. The number of aromatic nitrogens is 3. The number of hydrogen-bond donors (Lipinski definition) is 2. The second-order valence-electron chi connectivity index (χ2n) is 6.54. The van der Waals surface area contributed by atoms with E-state index in [-0.39, 0.29) is 6.54 Å². The van der Waals surface area contributed by atoms with E-state index in [2.05, 4.69) is 25.5 Å². The molecule has 0 spiro atoms. The number of carbonyl (C=O) groups is 3. The molecule has 3 rings (SSSR count). The zero-order chi connectivity index (χ0) is 18.2. The summed E-state index contributed by atoms with van der Waals surface area (Å²) in [5.41, 5.74) is 1.43. The van der Waals surface area contributed by atoms with Crippen LogP contribution >= 0.6 is 0 Å². The van der Waals surface area contributed by atoms with Crippen LogP contribution in [0.15, 0.2) is 0 Å². The molecule has 1 fully saturated rings. The molecule has 0 bridgehead atoms. The Hall–Kier alpha value is -2.49. The lowest BCUT2D eigenvalue weighted by Crippen LogP contribution is -2.51. The third-order valence-electron chi connectivity index (χ3n) is 4.80. The molecule has 10 nitrogen and oxygen atoms in total. The lowest BCUT2D eigenvalue weighted by molar-refractivity contribution is -0.139. The lowest BCUT2D eigenvalue weighted by Gasteiger charge is -2.27. The lowest BCUT2D eigenvalue weighted by atomic mass is 10.00. The van der Waals surface area contributed by atoms with Gasteiger partial charge in [0.25, 0.3) is 11.8 Å². The fourth-order valence-electron chi connectivity index (χ4n) is 3.05. The number of hydrogen-bond acceptors (Lipinski definition) is 6. The molecular weight excluding hydrogens is 326 g/mol. The van der Waals surface area contributed by atoms with Gasteiger partial charge in [0.05, 0.1) is 13.1 Å². The number of urea groups is 1. The van der Waals surface area contributed by atoms with Crippen LogP contribution in [0.1, 0.15) is 38.8 Å². The van der Waals surface area contributed by atoms with Crippen LogP contribution in [-0.4, -0.2) is 61.1 Å². The monoisotopic (exact) mass is 349 g/mol. The van der Waals surface area contributed by atoms with Gasteiger partial charge in [0.15, 0.2) is 0 Å². The van der Waals surface area contributed by atoms with Crippen LogP contribution in [0.25, 0.3) is 0 Å². The summed E-state index contributed by atoms with van der Waals surface area (Å²) >= 11 is 0. The molecule has 1 aromatic heterocycles. The van der Waals surface area contributed by atoms with Crippen LogP contribution in [0.5, 0.6) is 0 Å². The van der Waals surface area contributed by atoms with E-state index in [0.29, 0.717) is 19.5 Å². The fraction of sp³-hybridized carbons (Fsp3) is 0.667. The quantitative estimate of drug-likeness (QED) is 0.687. The van der Waals surface area contributed by atoms with Gasteiger partial charge in [0.2, 0.25) is 0 Å². The van der Waals surface area contributed by atoms with E-state index in [1.807, 2.05) is 11.8 Å². The first-order chi connectivity index (χ1) is 11.9. The molecule has 2 N–H and O–H groups in total. The Morgan fingerprint density at radius 2 is 2.04 bits per heavy atom. The summed E-state index contributed by atoms with van der Waals surface area (Å²) in [6, 6.07) is -0.603. The average Bonchev–Trinajstić information content (AvgIpc) is 3.09. The molecule has 1 atom stereocenters. The molecule has 2 aliphatic heterocycles. The van der Waals surface area contributed by atoms with Gasteiger partial charge in [-0.05, 0) is 13.3 Å². The molecule has 136 valence electrons. The number of hydrazine groups is 1. The van der Waals surface area contributed by atoms with Crippen LogP contribution in [0.2, 0.25) is 0 Å². The maximum absolute atomic E-state index is 12.3. The predicted octanol–water partition coefficient (Wildman–Crippen LogP) is -0.592. The molecule has 25 heavy (non-hydrogen) atoms. The minimum atomic E-state index is -0.970. The number of fused-ring (bicyclic) bond motifs is 1. The van der Waals surface area contributed by atoms with Crippen molar-refractivity contribution in [3.8, 4) is 0 Å². The summed E-state index contributed by atoms with van der Waals surface area (Å²) in [7, 11) is 0. The Balaban J connectivity index is 1.59. The molecule has 4 amide bonds. The highest BCUT2D eigenvalue weighted by Crippen LogP contribution is 2.19. The normalized spacial score (nSPS) is 23.6. The molecule has 1 unspecified atom stereocenters. The number of imide groups is 1. The Bertz CT molecular complexity index is 716. The number of carbonyl (C=O) groups excluding carboxylic acids is 3. The van der Waals surface area contributed by atoms with Crippen LogP contribution in [0.3, 0.4) is 0 Å². The summed E-state index contributed by atoms with van der Waals surface area (Å²) in [5, 5.41) is 11.7. The van der Waals surface area contributed by atoms with E-state index in [1.54, 1.807) is 13.8 Å². The van der Waals surface area contributed by atoms with Gasteiger partial charge in [0, 0.05) is 19.5 Å². The third kappa shape index (κ3) is 3.09. The van der Waals surface area contributed by atoms with Gasteiger partial charge in [-0.1, -0.05) is 13.8 Å². The first kappa shape index (κ1) is 17.3. The fourth-order valence-corrected chi connectivity index (χ4v) is 3.05. The molecule has 3 heterocycles. The van der Waals surface area contributed by atoms with E-state index in [0.717, 1.165) is 29.6 Å². The first-order valence-corrected chi connectivity index (χ1v) is 8.47. The van der Waals surface area contributed by atoms with Crippen LogP contribution in [0.4, 0.5) is 4.79 Å². The molecule has 1 aromatic rings. The van der Waals surface area contributed by atoms with Gasteiger partial charge in [0.1, 0.15) is 17.2 Å². The Labute approximate surface area is 145 Å².